The number of pyridine rings is 1. The zero-order valence-corrected chi connectivity index (χ0v) is 15.0. The van der Waals surface area contributed by atoms with Crippen LogP contribution in [0.3, 0.4) is 0 Å². The van der Waals surface area contributed by atoms with Crippen LogP contribution < -0.4 is 0 Å². The molecule has 2 heterocycles. The van der Waals surface area contributed by atoms with Gasteiger partial charge in [0, 0.05) is 18.9 Å². The zero-order chi connectivity index (χ0) is 16.6. The van der Waals surface area contributed by atoms with E-state index in [0.29, 0.717) is 0 Å². The highest BCUT2D eigenvalue weighted by Crippen LogP contribution is 2.61. The first-order valence-electron chi connectivity index (χ1n) is 8.16. The van der Waals surface area contributed by atoms with Gasteiger partial charge < -0.3 is 4.90 Å². The second kappa shape index (κ2) is 6.45. The van der Waals surface area contributed by atoms with Crippen LogP contribution in [0.2, 0.25) is 0 Å². The van der Waals surface area contributed by atoms with Crippen molar-refractivity contribution in [1.29, 1.82) is 0 Å². The maximum absolute atomic E-state index is 13.1. The maximum Gasteiger partial charge on any atom is 0.227 e. The van der Waals surface area contributed by atoms with Gasteiger partial charge in [0.2, 0.25) is 5.91 Å². The van der Waals surface area contributed by atoms with E-state index >= 15 is 0 Å². The molecule has 1 aromatic heterocycles. The van der Waals surface area contributed by atoms with E-state index in [2.05, 4.69) is 24.9 Å². The Bertz CT molecular complexity index is 611. The lowest BCUT2D eigenvalue weighted by molar-refractivity contribution is -0.137. The Morgan fingerprint density at radius 1 is 1.39 bits per heavy atom. The Labute approximate surface area is 147 Å². The molecule has 3 atom stereocenters. The largest absolute Gasteiger partial charge is 0.335 e. The Morgan fingerprint density at radius 2 is 2.17 bits per heavy atom. The van der Waals surface area contributed by atoms with Crippen LogP contribution in [0.15, 0.2) is 35.1 Å². The summed E-state index contributed by atoms with van der Waals surface area (Å²) in [6.45, 7) is 5.03. The number of halogens is 2. The monoisotopic (exact) mass is 352 g/mol. The van der Waals surface area contributed by atoms with E-state index in [-0.39, 0.29) is 33.7 Å². The number of carbonyl (C=O) groups is 1. The van der Waals surface area contributed by atoms with Gasteiger partial charge in [-0.15, -0.1) is 0 Å². The number of allylic oxidation sites excluding steroid dienone is 1. The van der Waals surface area contributed by atoms with E-state index in [1.807, 2.05) is 23.2 Å². The van der Waals surface area contributed by atoms with Gasteiger partial charge in [0.05, 0.1) is 12.0 Å². The van der Waals surface area contributed by atoms with Crippen molar-refractivity contribution in [2.24, 2.45) is 17.3 Å². The molecule has 1 aliphatic heterocycles. The van der Waals surface area contributed by atoms with Crippen LogP contribution in [0.5, 0.6) is 0 Å². The molecular formula is C18H22Cl2N2O. The second-order valence-corrected chi connectivity index (χ2v) is 8.12. The molecule has 0 N–H and O–H groups in total. The molecule has 1 saturated carbocycles. The van der Waals surface area contributed by atoms with Crippen LogP contribution in [0.1, 0.15) is 44.7 Å². The lowest BCUT2D eigenvalue weighted by Crippen LogP contribution is -2.40. The number of hydrogen-bond donors (Lipinski definition) is 0. The molecule has 1 amide bonds. The number of likely N-dealkylation sites (tertiary alicyclic amines) is 1. The Balaban J connectivity index is 1.82. The van der Waals surface area contributed by atoms with Crippen molar-refractivity contribution in [3.8, 4) is 0 Å². The highest BCUT2D eigenvalue weighted by atomic mass is 35.5. The van der Waals surface area contributed by atoms with Gasteiger partial charge in [0.15, 0.2) is 0 Å². The molecule has 3 nitrogen and oxygen atoms in total. The molecule has 0 radical (unpaired) electrons. The highest BCUT2D eigenvalue weighted by Gasteiger charge is 2.62. The van der Waals surface area contributed by atoms with Gasteiger partial charge in [-0.25, -0.2) is 0 Å². The number of nitrogens with zero attached hydrogens (tertiary/aromatic N) is 2. The minimum Gasteiger partial charge on any atom is -0.335 e. The zero-order valence-electron chi connectivity index (χ0n) is 13.5. The second-order valence-electron chi connectivity index (χ2n) is 7.11. The van der Waals surface area contributed by atoms with Gasteiger partial charge in [-0.05, 0) is 48.3 Å². The van der Waals surface area contributed by atoms with Crippen LogP contribution >= 0.6 is 23.2 Å². The van der Waals surface area contributed by atoms with Crippen LogP contribution in [0.25, 0.3) is 0 Å². The van der Waals surface area contributed by atoms with Gasteiger partial charge in [-0.3, -0.25) is 9.78 Å². The Hall–Kier alpha value is -1.06. The fraction of sp³-hybridized carbons (Fsp3) is 0.556. The first kappa shape index (κ1) is 16.8. The third kappa shape index (κ3) is 3.27. The van der Waals surface area contributed by atoms with Crippen molar-refractivity contribution >= 4 is 29.1 Å². The normalized spacial score (nSPS) is 29.0. The quantitative estimate of drug-likeness (QED) is 0.787. The molecule has 0 unspecified atom stereocenters. The number of hydrogen-bond acceptors (Lipinski definition) is 2. The summed E-state index contributed by atoms with van der Waals surface area (Å²) in [6, 6.07) is 4.14. The van der Waals surface area contributed by atoms with E-state index < -0.39 is 0 Å². The van der Waals surface area contributed by atoms with Gasteiger partial charge >= 0.3 is 0 Å². The van der Waals surface area contributed by atoms with E-state index in [0.717, 1.165) is 31.4 Å². The molecule has 3 rings (SSSR count). The number of aromatic nitrogens is 1. The summed E-state index contributed by atoms with van der Waals surface area (Å²) in [6.07, 6.45) is 8.67. The summed E-state index contributed by atoms with van der Waals surface area (Å²) >= 11 is 11.6. The molecular weight excluding hydrogens is 331 g/mol. The molecule has 0 bridgehead atoms. The molecule has 0 aromatic carbocycles. The number of carbonyl (C=O) groups excluding carboxylic acids is 1. The van der Waals surface area contributed by atoms with E-state index in [1.54, 1.807) is 6.20 Å². The van der Waals surface area contributed by atoms with Crippen molar-refractivity contribution < 1.29 is 4.79 Å². The van der Waals surface area contributed by atoms with Gasteiger partial charge in [0.1, 0.15) is 4.49 Å². The van der Waals surface area contributed by atoms with Crippen molar-refractivity contribution in [2.45, 2.75) is 39.2 Å². The summed E-state index contributed by atoms with van der Waals surface area (Å²) in [4.78, 5) is 19.4. The summed E-state index contributed by atoms with van der Waals surface area (Å²) in [5.74, 6) is 0.308. The minimum atomic E-state index is -0.0803. The molecule has 23 heavy (non-hydrogen) atoms. The third-order valence-electron chi connectivity index (χ3n) is 5.34. The molecule has 124 valence electrons. The lowest BCUT2D eigenvalue weighted by Gasteiger charge is -2.36. The third-order valence-corrected chi connectivity index (χ3v) is 5.59. The predicted molar refractivity (Wildman–Crippen MR) is 93.1 cm³/mol. The summed E-state index contributed by atoms with van der Waals surface area (Å²) in [5.41, 5.74) is 1.05. The summed E-state index contributed by atoms with van der Waals surface area (Å²) < 4.78 is 0.251. The van der Waals surface area contributed by atoms with E-state index in [4.69, 9.17) is 23.2 Å². The van der Waals surface area contributed by atoms with E-state index in [1.165, 1.54) is 0 Å². The Kier molecular flexibility index (Phi) is 4.70. The number of amides is 1. The molecule has 1 saturated heterocycles. The minimum absolute atomic E-state index is 0.0349. The van der Waals surface area contributed by atoms with E-state index in [9.17, 15) is 4.79 Å². The predicted octanol–water partition coefficient (Wildman–Crippen LogP) is 4.73. The summed E-state index contributed by atoms with van der Waals surface area (Å²) in [7, 11) is 0. The highest BCUT2D eigenvalue weighted by molar-refractivity contribution is 6.55. The first-order valence-corrected chi connectivity index (χ1v) is 8.91. The topological polar surface area (TPSA) is 33.2 Å². The average Bonchev–Trinajstić information content (AvgIpc) is 3.07. The maximum atomic E-state index is 13.1. The van der Waals surface area contributed by atoms with Gasteiger partial charge in [0.25, 0.3) is 0 Å². The molecule has 2 fully saturated rings. The van der Waals surface area contributed by atoms with Crippen LogP contribution in [0, 0.1) is 17.3 Å². The molecule has 1 aliphatic carbocycles. The SMILES string of the molecule is CC1(C)[C@H](C=C(Cl)Cl)[C@@H]1C(=O)N1CCCC[C@H]1c1cccnc1. The smallest absolute Gasteiger partial charge is 0.227 e. The van der Waals surface area contributed by atoms with Crippen LogP contribution in [-0.4, -0.2) is 22.3 Å². The standard InChI is InChI=1S/C18H22Cl2N2O/c1-18(2)13(10-15(19)20)16(18)17(23)22-9-4-3-7-14(22)12-6-5-8-21-11-12/h5-6,8,10-11,13-14,16H,3-4,7,9H2,1-2H3/t13-,14+,16-/m1/s1. The number of piperidine rings is 1. The number of rotatable bonds is 3. The Morgan fingerprint density at radius 3 is 2.83 bits per heavy atom. The fourth-order valence-corrected chi connectivity index (χ4v) is 4.16. The molecule has 1 aromatic rings. The first-order chi connectivity index (χ1) is 10.9. The van der Waals surface area contributed by atoms with Crippen molar-refractivity contribution in [2.75, 3.05) is 6.54 Å². The van der Waals surface area contributed by atoms with Crippen molar-refractivity contribution in [3.05, 3.63) is 40.7 Å². The lowest BCUT2D eigenvalue weighted by atomic mass is 9.95. The molecule has 5 heteroatoms. The van der Waals surface area contributed by atoms with Gasteiger partial charge in [-0.1, -0.05) is 43.1 Å². The summed E-state index contributed by atoms with van der Waals surface area (Å²) in [5, 5.41) is 0. The van der Waals surface area contributed by atoms with Crippen LogP contribution in [-0.2, 0) is 4.79 Å². The van der Waals surface area contributed by atoms with Crippen molar-refractivity contribution in [3.63, 3.8) is 0 Å². The average molecular weight is 353 g/mol. The molecule has 2 aliphatic rings. The van der Waals surface area contributed by atoms with Gasteiger partial charge in [-0.2, -0.15) is 0 Å². The van der Waals surface area contributed by atoms with Crippen LogP contribution in [0.4, 0.5) is 0 Å². The fourth-order valence-electron chi connectivity index (χ4n) is 3.89. The molecule has 0 spiro atoms. The van der Waals surface area contributed by atoms with Crippen molar-refractivity contribution in [1.82, 2.24) is 9.88 Å².